The molecule has 9 heteroatoms. The van der Waals surface area contributed by atoms with Crippen molar-refractivity contribution in [3.05, 3.63) is 30.1 Å². The molecule has 23 heavy (non-hydrogen) atoms. The van der Waals surface area contributed by atoms with Gasteiger partial charge in [-0.25, -0.2) is 4.39 Å². The number of hydrazone groups is 1. The molecule has 1 aromatic rings. The number of primary amides is 1. The standard InChI is InChI=1S/C14H14FN5O2S/c15-8-1-3-9(4-2-8)20-11(12(16)21)7-10(19-20)13(22)18-14-17-5-6-23-14/h1-4,11H,5-7H2,(H2,16,21)(H,17,18,22)/t11-/m0/s1. The van der Waals surface area contributed by atoms with E-state index in [0.29, 0.717) is 17.4 Å². The number of hydrogen-bond donors (Lipinski definition) is 2. The van der Waals surface area contributed by atoms with E-state index in [4.69, 9.17) is 5.73 Å². The van der Waals surface area contributed by atoms with Gasteiger partial charge in [-0.15, -0.1) is 0 Å². The molecule has 2 aliphatic heterocycles. The smallest absolute Gasteiger partial charge is 0.273 e. The van der Waals surface area contributed by atoms with Gasteiger partial charge in [-0.1, -0.05) is 11.8 Å². The Bertz CT molecular complexity index is 704. The van der Waals surface area contributed by atoms with Crippen LogP contribution >= 0.6 is 11.8 Å². The molecule has 7 nitrogen and oxygen atoms in total. The summed E-state index contributed by atoms with van der Waals surface area (Å²) in [6, 6.07) is 4.69. The predicted molar refractivity (Wildman–Crippen MR) is 86.8 cm³/mol. The lowest BCUT2D eigenvalue weighted by Gasteiger charge is -2.20. The summed E-state index contributed by atoms with van der Waals surface area (Å²) < 4.78 is 13.0. The number of carbonyl (C=O) groups is 2. The van der Waals surface area contributed by atoms with Crippen molar-refractivity contribution >= 4 is 40.1 Å². The van der Waals surface area contributed by atoms with Crippen LogP contribution in [0.15, 0.2) is 34.4 Å². The number of amidine groups is 1. The molecule has 2 amide bonds. The van der Waals surface area contributed by atoms with Gasteiger partial charge in [0.1, 0.15) is 17.6 Å². The second-order valence-electron chi connectivity index (χ2n) is 4.98. The first-order valence-corrected chi connectivity index (χ1v) is 7.93. The molecule has 1 aromatic carbocycles. The number of nitrogens with one attached hydrogen (secondary N) is 1. The molecule has 0 bridgehead atoms. The van der Waals surface area contributed by atoms with Crippen molar-refractivity contribution in [3.63, 3.8) is 0 Å². The summed E-state index contributed by atoms with van der Waals surface area (Å²) in [5.41, 5.74) is 6.07. The van der Waals surface area contributed by atoms with Gasteiger partial charge in [-0.3, -0.25) is 19.6 Å². The van der Waals surface area contributed by atoms with Gasteiger partial charge in [-0.2, -0.15) is 5.10 Å². The van der Waals surface area contributed by atoms with Gasteiger partial charge >= 0.3 is 0 Å². The van der Waals surface area contributed by atoms with Gasteiger partial charge in [0.05, 0.1) is 12.2 Å². The third kappa shape index (κ3) is 3.34. The lowest BCUT2D eigenvalue weighted by molar-refractivity contribution is -0.119. The van der Waals surface area contributed by atoms with Crippen LogP contribution in [-0.2, 0) is 9.59 Å². The number of rotatable bonds is 3. The minimum atomic E-state index is -0.778. The number of aliphatic imine (C=N–C) groups is 1. The number of amides is 2. The zero-order valence-corrected chi connectivity index (χ0v) is 12.8. The lowest BCUT2D eigenvalue weighted by Crippen LogP contribution is -2.40. The maximum absolute atomic E-state index is 13.0. The maximum Gasteiger partial charge on any atom is 0.273 e. The zero-order chi connectivity index (χ0) is 16.4. The average molecular weight is 335 g/mol. The Labute approximate surface area is 135 Å². The Morgan fingerprint density at radius 2 is 2.09 bits per heavy atom. The zero-order valence-electron chi connectivity index (χ0n) is 12.0. The Hall–Kier alpha value is -2.42. The lowest BCUT2D eigenvalue weighted by atomic mass is 10.1. The van der Waals surface area contributed by atoms with Crippen molar-refractivity contribution in [1.29, 1.82) is 0 Å². The molecule has 0 aromatic heterocycles. The Morgan fingerprint density at radius 3 is 2.70 bits per heavy atom. The minimum absolute atomic E-state index is 0.0937. The van der Waals surface area contributed by atoms with Crippen molar-refractivity contribution in [2.24, 2.45) is 15.8 Å². The highest BCUT2D eigenvalue weighted by Gasteiger charge is 2.35. The van der Waals surface area contributed by atoms with E-state index in [2.05, 4.69) is 15.4 Å². The fourth-order valence-corrected chi connectivity index (χ4v) is 3.00. The average Bonchev–Trinajstić information content (AvgIpc) is 3.17. The van der Waals surface area contributed by atoms with Crippen LogP contribution in [0.25, 0.3) is 0 Å². The number of carbonyl (C=O) groups excluding carboxylic acids is 2. The summed E-state index contributed by atoms with van der Waals surface area (Å²) in [7, 11) is 0. The minimum Gasteiger partial charge on any atom is -0.368 e. The summed E-state index contributed by atoms with van der Waals surface area (Å²) >= 11 is 1.45. The van der Waals surface area contributed by atoms with Crippen molar-refractivity contribution in [1.82, 2.24) is 5.32 Å². The first-order valence-electron chi connectivity index (χ1n) is 6.95. The number of hydrogen-bond acceptors (Lipinski definition) is 6. The van der Waals surface area contributed by atoms with Crippen LogP contribution in [0.5, 0.6) is 0 Å². The molecule has 0 aliphatic carbocycles. The Balaban J connectivity index is 1.81. The van der Waals surface area contributed by atoms with Crippen LogP contribution < -0.4 is 16.1 Å². The first kappa shape index (κ1) is 15.5. The molecular weight excluding hydrogens is 321 g/mol. The van der Waals surface area contributed by atoms with Gasteiger partial charge in [0.2, 0.25) is 5.91 Å². The van der Waals surface area contributed by atoms with Gasteiger partial charge in [0.25, 0.3) is 5.91 Å². The van der Waals surface area contributed by atoms with E-state index in [1.807, 2.05) is 0 Å². The van der Waals surface area contributed by atoms with E-state index < -0.39 is 23.7 Å². The van der Waals surface area contributed by atoms with Crippen molar-refractivity contribution in [3.8, 4) is 0 Å². The second-order valence-corrected chi connectivity index (χ2v) is 6.06. The van der Waals surface area contributed by atoms with E-state index in [0.717, 1.165) is 5.75 Å². The van der Waals surface area contributed by atoms with E-state index in [-0.39, 0.29) is 12.1 Å². The molecule has 120 valence electrons. The van der Waals surface area contributed by atoms with E-state index in [1.54, 1.807) is 0 Å². The van der Waals surface area contributed by atoms with E-state index in [9.17, 15) is 14.0 Å². The third-order valence-corrected chi connectivity index (χ3v) is 4.29. The number of nitrogens with two attached hydrogens (primary N) is 1. The van der Waals surface area contributed by atoms with Crippen LogP contribution in [0.1, 0.15) is 6.42 Å². The second kappa shape index (κ2) is 6.37. The van der Waals surface area contributed by atoms with Gasteiger partial charge in [0.15, 0.2) is 5.17 Å². The molecule has 3 rings (SSSR count). The molecule has 0 radical (unpaired) electrons. The highest BCUT2D eigenvalue weighted by atomic mass is 32.2. The number of benzene rings is 1. The monoisotopic (exact) mass is 335 g/mol. The SMILES string of the molecule is NC(=O)[C@@H]1CC(C(=O)NC2=NCCS2)=NN1c1ccc(F)cc1. The van der Waals surface area contributed by atoms with Gasteiger partial charge < -0.3 is 11.1 Å². The molecule has 0 spiro atoms. The van der Waals surface area contributed by atoms with Crippen molar-refractivity contribution in [2.75, 3.05) is 17.3 Å². The van der Waals surface area contributed by atoms with Crippen LogP contribution in [-0.4, -0.2) is 41.0 Å². The van der Waals surface area contributed by atoms with E-state index in [1.165, 1.54) is 41.0 Å². The molecule has 0 saturated heterocycles. The first-order chi connectivity index (χ1) is 11.0. The highest BCUT2D eigenvalue weighted by molar-refractivity contribution is 8.14. The third-order valence-electron chi connectivity index (χ3n) is 3.40. The molecule has 1 atom stereocenters. The summed E-state index contributed by atoms with van der Waals surface area (Å²) in [4.78, 5) is 28.0. The van der Waals surface area contributed by atoms with Crippen LogP contribution in [0.4, 0.5) is 10.1 Å². The van der Waals surface area contributed by atoms with Crippen LogP contribution in [0.2, 0.25) is 0 Å². The van der Waals surface area contributed by atoms with Gasteiger partial charge in [-0.05, 0) is 24.3 Å². The van der Waals surface area contributed by atoms with Crippen LogP contribution in [0.3, 0.4) is 0 Å². The fraction of sp³-hybridized carbons (Fsp3) is 0.286. The molecule has 0 unspecified atom stereocenters. The summed E-state index contributed by atoms with van der Waals surface area (Å²) in [6.45, 7) is 0.665. The molecule has 3 N–H and O–H groups in total. The van der Waals surface area contributed by atoms with Gasteiger partial charge in [0, 0.05) is 12.2 Å². The Kier molecular flexibility index (Phi) is 4.28. The molecule has 0 saturated carbocycles. The predicted octanol–water partition coefficient (Wildman–Crippen LogP) is 0.465. The Morgan fingerprint density at radius 1 is 1.35 bits per heavy atom. The summed E-state index contributed by atoms with van der Waals surface area (Å²) in [6.07, 6.45) is 0.0937. The normalized spacial score (nSPS) is 20.2. The molecule has 2 heterocycles. The number of anilines is 1. The van der Waals surface area contributed by atoms with E-state index >= 15 is 0 Å². The maximum atomic E-state index is 13.0. The molecular formula is C14H14FN5O2S. The fourth-order valence-electron chi connectivity index (χ4n) is 2.28. The molecule has 2 aliphatic rings. The van der Waals surface area contributed by atoms with Crippen molar-refractivity contribution < 1.29 is 14.0 Å². The highest BCUT2D eigenvalue weighted by Crippen LogP contribution is 2.25. The number of nitrogens with zero attached hydrogens (tertiary/aromatic N) is 3. The summed E-state index contributed by atoms with van der Waals surface area (Å²) in [5.74, 6) is -0.586. The largest absolute Gasteiger partial charge is 0.368 e. The summed E-state index contributed by atoms with van der Waals surface area (Å²) in [5, 5.41) is 8.75. The topological polar surface area (TPSA) is 100 Å². The quantitative estimate of drug-likeness (QED) is 0.838. The number of halogens is 1. The van der Waals surface area contributed by atoms with Crippen LogP contribution in [0, 0.1) is 5.82 Å². The van der Waals surface area contributed by atoms with Crippen molar-refractivity contribution in [2.45, 2.75) is 12.5 Å². The molecule has 0 fully saturated rings. The number of thioether (sulfide) groups is 1.